The molecule has 0 unspecified atom stereocenters. The van der Waals surface area contributed by atoms with Gasteiger partial charge in [-0.3, -0.25) is 0 Å². The van der Waals surface area contributed by atoms with Crippen LogP contribution in [0.2, 0.25) is 0 Å². The third kappa shape index (κ3) is 3.21. The van der Waals surface area contributed by atoms with Crippen molar-refractivity contribution in [3.05, 3.63) is 41.1 Å². The van der Waals surface area contributed by atoms with Gasteiger partial charge in [0.1, 0.15) is 0 Å². The summed E-state index contributed by atoms with van der Waals surface area (Å²) >= 11 is 3.28. The molecule has 1 heterocycles. The number of nitrogen functional groups attached to an aromatic ring is 1. The van der Waals surface area contributed by atoms with Gasteiger partial charge >= 0.3 is 0 Å². The molecule has 0 bridgehead atoms. The summed E-state index contributed by atoms with van der Waals surface area (Å²) in [5, 5.41) is 9.58. The van der Waals surface area contributed by atoms with E-state index in [0.717, 1.165) is 17.0 Å². The number of benzene rings is 1. The number of aryl methyl sites for hydroxylation is 1. The minimum Gasteiger partial charge on any atom is -0.392 e. The first-order valence-corrected chi connectivity index (χ1v) is 7.03. The Labute approximate surface area is 109 Å². The van der Waals surface area contributed by atoms with Crippen LogP contribution in [0, 0.1) is 6.92 Å². The Morgan fingerprint density at radius 2 is 1.94 bits per heavy atom. The minimum atomic E-state index is 0.0951. The number of aromatic nitrogens is 1. The lowest BCUT2D eigenvalue weighted by atomic mass is 10.2. The first kappa shape index (κ1) is 12.4. The smallest absolute Gasteiger partial charge is 0.181 e. The first-order chi connectivity index (χ1) is 8.19. The molecule has 0 atom stereocenters. The van der Waals surface area contributed by atoms with Gasteiger partial charge in [0, 0.05) is 5.75 Å². The van der Waals surface area contributed by atoms with Crippen molar-refractivity contribution >= 4 is 28.2 Å². The molecule has 1 aromatic carbocycles. The van der Waals surface area contributed by atoms with Gasteiger partial charge in [0.15, 0.2) is 5.13 Å². The largest absolute Gasteiger partial charge is 0.392 e. The number of rotatable bonds is 4. The van der Waals surface area contributed by atoms with Crippen LogP contribution in [0.15, 0.2) is 28.5 Å². The predicted molar refractivity (Wildman–Crippen MR) is 73.2 cm³/mol. The second-order valence-electron chi connectivity index (χ2n) is 3.69. The van der Waals surface area contributed by atoms with Gasteiger partial charge in [-0.1, -0.05) is 35.6 Å². The normalized spacial score (nSPS) is 10.7. The molecule has 3 nitrogen and oxygen atoms in total. The lowest BCUT2D eigenvalue weighted by Crippen LogP contribution is -1.85. The Morgan fingerprint density at radius 1 is 1.29 bits per heavy atom. The van der Waals surface area contributed by atoms with Gasteiger partial charge in [-0.05, 0) is 18.1 Å². The van der Waals surface area contributed by atoms with E-state index in [1.54, 1.807) is 11.8 Å². The molecule has 0 spiro atoms. The molecule has 0 fully saturated rings. The van der Waals surface area contributed by atoms with Gasteiger partial charge in [-0.25, -0.2) is 4.98 Å². The molecule has 90 valence electrons. The van der Waals surface area contributed by atoms with E-state index in [4.69, 9.17) is 10.8 Å². The van der Waals surface area contributed by atoms with E-state index in [1.165, 1.54) is 21.1 Å². The number of anilines is 1. The summed E-state index contributed by atoms with van der Waals surface area (Å²) < 4.78 is 1.17. The Kier molecular flexibility index (Phi) is 4.04. The van der Waals surface area contributed by atoms with Gasteiger partial charge in [-0.2, -0.15) is 0 Å². The fraction of sp³-hybridized carbons (Fsp3) is 0.250. The highest BCUT2D eigenvalue weighted by Crippen LogP contribution is 2.32. The van der Waals surface area contributed by atoms with Crippen LogP contribution in [0.25, 0.3) is 0 Å². The number of aliphatic hydroxyl groups excluding tert-OH is 1. The molecule has 3 N–H and O–H groups in total. The summed E-state index contributed by atoms with van der Waals surface area (Å²) in [6, 6.07) is 7.98. The van der Waals surface area contributed by atoms with E-state index in [2.05, 4.69) is 4.98 Å². The van der Waals surface area contributed by atoms with Crippen molar-refractivity contribution < 1.29 is 5.11 Å². The van der Waals surface area contributed by atoms with E-state index in [1.807, 2.05) is 31.2 Å². The summed E-state index contributed by atoms with van der Waals surface area (Å²) in [7, 11) is 0. The van der Waals surface area contributed by atoms with Crippen molar-refractivity contribution in [1.82, 2.24) is 4.98 Å². The third-order valence-electron chi connectivity index (χ3n) is 2.35. The van der Waals surface area contributed by atoms with Crippen LogP contribution in [0.1, 0.15) is 16.8 Å². The van der Waals surface area contributed by atoms with E-state index >= 15 is 0 Å². The van der Waals surface area contributed by atoms with Crippen LogP contribution in [-0.4, -0.2) is 10.1 Å². The highest BCUT2D eigenvalue weighted by Gasteiger charge is 2.06. The number of hydrogen-bond donors (Lipinski definition) is 2. The second-order valence-corrected chi connectivity index (χ2v) is 5.96. The molecule has 0 aliphatic carbocycles. The topological polar surface area (TPSA) is 59.1 Å². The van der Waals surface area contributed by atoms with Crippen molar-refractivity contribution in [2.45, 2.75) is 23.5 Å². The Bertz CT molecular complexity index is 494. The lowest BCUT2D eigenvalue weighted by Gasteiger charge is -2.01. The molecule has 0 saturated heterocycles. The minimum absolute atomic E-state index is 0.0951. The molecule has 5 heteroatoms. The summed E-state index contributed by atoms with van der Waals surface area (Å²) in [5.41, 5.74) is 8.83. The number of thioether (sulfide) groups is 1. The summed E-state index contributed by atoms with van der Waals surface area (Å²) in [6.07, 6.45) is 0. The van der Waals surface area contributed by atoms with Gasteiger partial charge in [0.25, 0.3) is 0 Å². The van der Waals surface area contributed by atoms with Crippen LogP contribution in [-0.2, 0) is 12.4 Å². The molecule has 0 aliphatic rings. The van der Waals surface area contributed by atoms with Crippen molar-refractivity contribution in [1.29, 1.82) is 0 Å². The first-order valence-electron chi connectivity index (χ1n) is 5.23. The zero-order chi connectivity index (χ0) is 12.3. The highest BCUT2D eigenvalue weighted by atomic mass is 32.2. The van der Waals surface area contributed by atoms with Gasteiger partial charge in [-0.15, -0.1) is 11.8 Å². The maximum Gasteiger partial charge on any atom is 0.181 e. The molecule has 0 amide bonds. The van der Waals surface area contributed by atoms with E-state index < -0.39 is 0 Å². The number of hydrogen-bond acceptors (Lipinski definition) is 5. The molecule has 2 aromatic rings. The average molecular weight is 266 g/mol. The molecule has 1 aromatic heterocycles. The van der Waals surface area contributed by atoms with Crippen molar-refractivity contribution in [2.75, 3.05) is 5.73 Å². The Morgan fingerprint density at radius 3 is 2.47 bits per heavy atom. The average Bonchev–Trinajstić information content (AvgIpc) is 2.66. The van der Waals surface area contributed by atoms with Gasteiger partial charge in [0.2, 0.25) is 0 Å². The number of thiazole rings is 1. The number of nitrogens with zero attached hydrogens (tertiary/aromatic N) is 1. The van der Waals surface area contributed by atoms with Crippen molar-refractivity contribution in [2.24, 2.45) is 0 Å². The van der Waals surface area contributed by atoms with Crippen LogP contribution >= 0.6 is 23.1 Å². The molecule has 0 radical (unpaired) electrons. The molecule has 0 saturated carbocycles. The standard InChI is InChI=1S/C12H14N2OS2/c1-8-11(17-12(13)14-8)16-7-10-4-2-9(6-15)3-5-10/h2-5,15H,6-7H2,1H3,(H2,13,14). The van der Waals surface area contributed by atoms with E-state index in [-0.39, 0.29) is 6.61 Å². The van der Waals surface area contributed by atoms with Gasteiger partial charge in [0.05, 0.1) is 16.5 Å². The second kappa shape index (κ2) is 5.53. The van der Waals surface area contributed by atoms with Crippen LogP contribution in [0.4, 0.5) is 5.13 Å². The van der Waals surface area contributed by atoms with E-state index in [9.17, 15) is 0 Å². The lowest BCUT2D eigenvalue weighted by molar-refractivity contribution is 0.282. The third-order valence-corrected chi connectivity index (χ3v) is 4.77. The molecular weight excluding hydrogens is 252 g/mol. The molecule has 0 aliphatic heterocycles. The van der Waals surface area contributed by atoms with Crippen LogP contribution < -0.4 is 5.73 Å². The van der Waals surface area contributed by atoms with Crippen LogP contribution in [0.3, 0.4) is 0 Å². The number of aliphatic hydroxyl groups is 1. The summed E-state index contributed by atoms with van der Waals surface area (Å²) in [6.45, 7) is 2.07. The van der Waals surface area contributed by atoms with Crippen LogP contribution in [0.5, 0.6) is 0 Å². The Hall–Kier alpha value is -1.04. The SMILES string of the molecule is Cc1nc(N)sc1SCc1ccc(CO)cc1. The van der Waals surface area contributed by atoms with E-state index in [0.29, 0.717) is 5.13 Å². The predicted octanol–water partition coefficient (Wildman–Crippen LogP) is 2.82. The summed E-state index contributed by atoms with van der Waals surface area (Å²) in [5.74, 6) is 0.897. The zero-order valence-electron chi connectivity index (χ0n) is 9.51. The van der Waals surface area contributed by atoms with Crippen molar-refractivity contribution in [3.63, 3.8) is 0 Å². The fourth-order valence-corrected chi connectivity index (χ4v) is 3.41. The van der Waals surface area contributed by atoms with Gasteiger partial charge < -0.3 is 10.8 Å². The Balaban J connectivity index is 1.99. The quantitative estimate of drug-likeness (QED) is 0.835. The maximum absolute atomic E-state index is 8.95. The molecule has 2 rings (SSSR count). The number of nitrogens with two attached hydrogens (primary N) is 1. The maximum atomic E-state index is 8.95. The molecule has 17 heavy (non-hydrogen) atoms. The fourth-order valence-electron chi connectivity index (χ4n) is 1.43. The highest BCUT2D eigenvalue weighted by molar-refractivity contribution is 8.00. The molecular formula is C12H14N2OS2. The summed E-state index contributed by atoms with van der Waals surface area (Å²) in [4.78, 5) is 4.19. The monoisotopic (exact) mass is 266 g/mol. The van der Waals surface area contributed by atoms with Crippen molar-refractivity contribution in [3.8, 4) is 0 Å². The zero-order valence-corrected chi connectivity index (χ0v) is 11.1.